The van der Waals surface area contributed by atoms with Gasteiger partial charge in [-0.15, -0.1) is 0 Å². The van der Waals surface area contributed by atoms with Crippen LogP contribution in [-0.2, 0) is 33.2 Å². The van der Waals surface area contributed by atoms with E-state index < -0.39 is 124 Å². The summed E-state index contributed by atoms with van der Waals surface area (Å²) in [4.78, 5) is 13.4. The number of aliphatic hydroxyl groups is 11. The Morgan fingerprint density at radius 3 is 1.18 bits per heavy atom. The highest BCUT2D eigenvalue weighted by Crippen LogP contribution is 2.33. The summed E-state index contributed by atoms with van der Waals surface area (Å²) in [5, 5.41) is 120. The second kappa shape index (κ2) is 48.8. The maximum Gasteiger partial charge on any atom is 0.220 e. The lowest BCUT2D eigenvalue weighted by atomic mass is 9.96. The molecule has 0 aromatic rings. The fraction of sp³-hybridized carbons (Fsp3) is 0.894. The normalized spacial score (nSPS) is 29.2. The zero-order valence-corrected chi connectivity index (χ0v) is 52.3. The van der Waals surface area contributed by atoms with Gasteiger partial charge >= 0.3 is 0 Å². The van der Waals surface area contributed by atoms with Gasteiger partial charge < -0.3 is 89.9 Å². The molecule has 3 saturated heterocycles. The summed E-state index contributed by atoms with van der Waals surface area (Å²) in [5.41, 5.74) is 0. The Bertz CT molecular complexity index is 1690. The largest absolute Gasteiger partial charge is 0.394 e. The molecule has 0 saturated carbocycles. The average molecular weight is 1220 g/mol. The first kappa shape index (κ1) is 77.3. The number of amides is 1. The van der Waals surface area contributed by atoms with Crippen LogP contribution in [0.4, 0.5) is 0 Å². The Balaban J connectivity index is 1.41. The van der Waals surface area contributed by atoms with E-state index in [9.17, 15) is 61.0 Å². The van der Waals surface area contributed by atoms with Gasteiger partial charge in [-0.25, -0.2) is 0 Å². The Morgan fingerprint density at radius 2 is 0.753 bits per heavy atom. The first-order chi connectivity index (χ1) is 41.3. The third-order valence-electron chi connectivity index (χ3n) is 16.9. The topological polar surface area (TPSA) is 307 Å². The third kappa shape index (κ3) is 31.5. The lowest BCUT2D eigenvalue weighted by Gasteiger charge is -2.48. The van der Waals surface area contributed by atoms with Crippen molar-refractivity contribution in [1.82, 2.24) is 5.32 Å². The summed E-state index contributed by atoms with van der Waals surface area (Å²) in [6.07, 6.45) is 28.6. The second-order valence-electron chi connectivity index (χ2n) is 24.3. The van der Waals surface area contributed by atoms with Crippen molar-refractivity contribution in [3.05, 3.63) is 36.5 Å². The first-order valence-electron chi connectivity index (χ1n) is 33.7. The van der Waals surface area contributed by atoms with Crippen molar-refractivity contribution in [2.75, 3.05) is 26.4 Å². The number of carbonyl (C=O) groups is 1. The first-order valence-corrected chi connectivity index (χ1v) is 33.7. The monoisotopic (exact) mass is 1220 g/mol. The molecule has 0 aromatic carbocycles. The fourth-order valence-corrected chi connectivity index (χ4v) is 11.4. The van der Waals surface area contributed by atoms with E-state index in [4.69, 9.17) is 28.4 Å². The van der Waals surface area contributed by atoms with Crippen molar-refractivity contribution in [3.8, 4) is 0 Å². The number of hydrogen-bond donors (Lipinski definition) is 12. The molecule has 498 valence electrons. The minimum absolute atomic E-state index is 0.236. The standard InChI is InChI=1S/C66H121NO18/c1-3-5-7-9-11-13-15-17-18-19-20-21-22-23-24-25-26-27-28-29-30-32-34-36-38-40-42-44-54(72)67-49(50(71)43-41-39-37-35-33-31-16-14-12-10-8-6-4-2)48-80-64-60(78)57(75)62(52(46-69)82-64)85-66-61(79)58(76)63(53(47-70)83-66)84-65-59(77)56(74)55(73)51(45-68)81-65/h12,14,33,35,41,43,49-53,55-66,68-71,73-79H,3-11,13,15-32,34,36-40,42,44-48H2,1-2H3,(H,67,72)/b14-12+,35-33+,43-41+. The molecule has 12 N–H and O–H groups in total. The molecule has 0 aliphatic carbocycles. The molecule has 3 aliphatic heterocycles. The van der Waals surface area contributed by atoms with Crippen LogP contribution in [0.2, 0.25) is 0 Å². The number of rotatable bonds is 51. The van der Waals surface area contributed by atoms with E-state index in [2.05, 4.69) is 43.5 Å². The van der Waals surface area contributed by atoms with Gasteiger partial charge in [-0.1, -0.05) is 230 Å². The predicted octanol–water partition coefficient (Wildman–Crippen LogP) is 8.05. The quantitative estimate of drug-likeness (QED) is 0.0202. The van der Waals surface area contributed by atoms with Crippen molar-refractivity contribution in [2.24, 2.45) is 0 Å². The Morgan fingerprint density at radius 1 is 0.412 bits per heavy atom. The van der Waals surface area contributed by atoms with Crippen LogP contribution in [0, 0.1) is 0 Å². The maximum absolute atomic E-state index is 13.4. The van der Waals surface area contributed by atoms with E-state index >= 15 is 0 Å². The lowest BCUT2D eigenvalue weighted by molar-refractivity contribution is -0.379. The molecule has 85 heavy (non-hydrogen) atoms. The van der Waals surface area contributed by atoms with Gasteiger partial charge in [-0.2, -0.15) is 0 Å². The maximum atomic E-state index is 13.4. The SMILES string of the molecule is CCCCC/C=C/CC/C=C/CC/C=C/C(O)C(COC1OC(CO)C(OC2OC(CO)C(OC3OC(CO)C(O)C(O)C3O)C(O)C2O)C(O)C1O)NC(=O)CCCCCCCCCCCCCCCCCCCCCCCCCCCCC. The molecule has 17 atom stereocenters. The van der Waals surface area contributed by atoms with Crippen LogP contribution in [0.3, 0.4) is 0 Å². The Hall–Kier alpha value is -1.99. The number of nitrogens with one attached hydrogen (secondary N) is 1. The van der Waals surface area contributed by atoms with Gasteiger partial charge in [0.25, 0.3) is 0 Å². The zero-order valence-electron chi connectivity index (χ0n) is 52.3. The van der Waals surface area contributed by atoms with Crippen LogP contribution in [0.25, 0.3) is 0 Å². The molecule has 0 aromatic heterocycles. The minimum Gasteiger partial charge on any atom is -0.394 e. The molecule has 0 radical (unpaired) electrons. The molecule has 0 bridgehead atoms. The Kier molecular flexibility index (Phi) is 44.4. The van der Waals surface area contributed by atoms with Crippen LogP contribution < -0.4 is 5.32 Å². The number of allylic oxidation sites excluding steroid dienone is 5. The van der Waals surface area contributed by atoms with Crippen LogP contribution in [-0.4, -0.2) is 193 Å². The van der Waals surface area contributed by atoms with E-state index in [1.807, 2.05) is 6.08 Å². The molecule has 3 rings (SSSR count). The molecular weight excluding hydrogens is 1090 g/mol. The molecule has 19 nitrogen and oxygen atoms in total. The van der Waals surface area contributed by atoms with Crippen molar-refractivity contribution in [2.45, 2.75) is 349 Å². The summed E-state index contributed by atoms with van der Waals surface area (Å²) >= 11 is 0. The van der Waals surface area contributed by atoms with E-state index in [0.29, 0.717) is 12.8 Å². The van der Waals surface area contributed by atoms with Gasteiger partial charge in [0.1, 0.15) is 73.2 Å². The molecule has 1 amide bonds. The Labute approximate surface area is 511 Å². The zero-order chi connectivity index (χ0) is 61.9. The smallest absolute Gasteiger partial charge is 0.220 e. The molecule has 17 unspecified atom stereocenters. The summed E-state index contributed by atoms with van der Waals surface area (Å²) in [6, 6.07) is -0.993. The number of aliphatic hydroxyl groups excluding tert-OH is 11. The number of ether oxygens (including phenoxy) is 6. The van der Waals surface area contributed by atoms with Crippen molar-refractivity contribution in [1.29, 1.82) is 0 Å². The summed E-state index contributed by atoms with van der Waals surface area (Å²) in [7, 11) is 0. The molecule has 3 heterocycles. The highest BCUT2D eigenvalue weighted by molar-refractivity contribution is 5.76. The van der Waals surface area contributed by atoms with Gasteiger partial charge in [0.15, 0.2) is 18.9 Å². The average Bonchev–Trinajstić information content (AvgIpc) is 3.07. The van der Waals surface area contributed by atoms with Gasteiger partial charge in [0, 0.05) is 6.42 Å². The van der Waals surface area contributed by atoms with Gasteiger partial charge in [-0.3, -0.25) is 4.79 Å². The number of hydrogen-bond acceptors (Lipinski definition) is 18. The van der Waals surface area contributed by atoms with Crippen LogP contribution in [0.15, 0.2) is 36.5 Å². The van der Waals surface area contributed by atoms with Crippen molar-refractivity contribution < 1.29 is 89.4 Å². The highest BCUT2D eigenvalue weighted by atomic mass is 16.8. The van der Waals surface area contributed by atoms with E-state index in [-0.39, 0.29) is 18.9 Å². The van der Waals surface area contributed by atoms with Gasteiger partial charge in [0.2, 0.25) is 5.91 Å². The highest BCUT2D eigenvalue weighted by Gasteiger charge is 2.53. The van der Waals surface area contributed by atoms with Crippen LogP contribution >= 0.6 is 0 Å². The molecular formula is C66H121NO18. The number of carbonyl (C=O) groups excluding carboxylic acids is 1. The van der Waals surface area contributed by atoms with Crippen LogP contribution in [0.1, 0.15) is 245 Å². The molecule has 0 spiro atoms. The van der Waals surface area contributed by atoms with Crippen molar-refractivity contribution in [3.63, 3.8) is 0 Å². The predicted molar refractivity (Wildman–Crippen MR) is 328 cm³/mol. The minimum atomic E-state index is -1.98. The van der Waals surface area contributed by atoms with E-state index in [1.165, 1.54) is 167 Å². The van der Waals surface area contributed by atoms with Crippen LogP contribution in [0.5, 0.6) is 0 Å². The molecule has 19 heteroatoms. The van der Waals surface area contributed by atoms with E-state index in [0.717, 1.165) is 44.9 Å². The third-order valence-corrected chi connectivity index (χ3v) is 16.9. The summed E-state index contributed by atoms with van der Waals surface area (Å²) < 4.78 is 34.3. The lowest BCUT2D eigenvalue weighted by Crippen LogP contribution is -2.66. The second-order valence-corrected chi connectivity index (χ2v) is 24.3. The van der Waals surface area contributed by atoms with Gasteiger partial charge in [0.05, 0.1) is 38.6 Å². The van der Waals surface area contributed by atoms with Gasteiger partial charge in [-0.05, 0) is 44.9 Å². The van der Waals surface area contributed by atoms with E-state index in [1.54, 1.807) is 6.08 Å². The summed E-state index contributed by atoms with van der Waals surface area (Å²) in [5.74, 6) is -0.287. The fourth-order valence-electron chi connectivity index (χ4n) is 11.4. The number of unbranched alkanes of at least 4 members (excludes halogenated alkanes) is 31. The molecule has 3 fully saturated rings. The summed E-state index contributed by atoms with van der Waals surface area (Å²) in [6.45, 7) is 1.68. The van der Waals surface area contributed by atoms with Crippen molar-refractivity contribution >= 4 is 5.91 Å². The molecule has 3 aliphatic rings.